The summed E-state index contributed by atoms with van der Waals surface area (Å²) < 4.78 is 0. The van der Waals surface area contributed by atoms with Gasteiger partial charge in [0.05, 0.1) is 12.6 Å². The van der Waals surface area contributed by atoms with Crippen LogP contribution in [0.3, 0.4) is 0 Å². The molecule has 33 heavy (non-hydrogen) atoms. The van der Waals surface area contributed by atoms with Crippen LogP contribution in [0.2, 0.25) is 0 Å². The summed E-state index contributed by atoms with van der Waals surface area (Å²) in [5.41, 5.74) is 1.17. The average molecular weight is 455 g/mol. The number of amides is 3. The molecule has 0 saturated carbocycles. The van der Waals surface area contributed by atoms with E-state index >= 15 is 0 Å². The predicted octanol–water partition coefficient (Wildman–Crippen LogP) is 3.16. The first-order valence-corrected chi connectivity index (χ1v) is 10.9. The molecule has 3 amide bonds. The molecule has 1 aromatic heterocycles. The van der Waals surface area contributed by atoms with Crippen molar-refractivity contribution in [3.05, 3.63) is 48.3 Å². The molecule has 0 bridgehead atoms. The van der Waals surface area contributed by atoms with Crippen LogP contribution < -0.4 is 5.32 Å². The quantitative estimate of drug-likeness (QED) is 0.672. The number of nitrogens with zero attached hydrogens (tertiary/aromatic N) is 4. The van der Waals surface area contributed by atoms with Gasteiger partial charge in [-0.1, -0.05) is 45.9 Å². The summed E-state index contributed by atoms with van der Waals surface area (Å²) in [6.45, 7) is 9.04. The fourth-order valence-corrected chi connectivity index (χ4v) is 2.99. The Bertz CT molecular complexity index is 890. The number of carbonyl (C=O) groups is 3. The molecule has 1 aromatic carbocycles. The van der Waals surface area contributed by atoms with Crippen LogP contribution in [-0.2, 0) is 9.59 Å². The zero-order chi connectivity index (χ0) is 24.8. The maximum atomic E-state index is 12.2. The number of aromatic nitrogens is 2. The van der Waals surface area contributed by atoms with Crippen molar-refractivity contribution in [2.75, 3.05) is 25.5 Å². The minimum atomic E-state index is -0.381. The van der Waals surface area contributed by atoms with E-state index in [1.165, 1.54) is 11.1 Å². The summed E-state index contributed by atoms with van der Waals surface area (Å²) in [4.78, 5) is 36.9. The molecule has 2 atom stereocenters. The lowest BCUT2D eigenvalue weighted by atomic mass is 10.1. The summed E-state index contributed by atoms with van der Waals surface area (Å²) in [7, 11) is 1.56. The molecule has 1 aliphatic heterocycles. The zero-order valence-corrected chi connectivity index (χ0v) is 20.0. The molecule has 1 fully saturated rings. The van der Waals surface area contributed by atoms with Crippen LogP contribution in [0.1, 0.15) is 44.6 Å². The highest BCUT2D eigenvalue weighted by Crippen LogP contribution is 2.22. The van der Waals surface area contributed by atoms with E-state index in [2.05, 4.69) is 42.4 Å². The number of aromatic amines is 1. The highest BCUT2D eigenvalue weighted by molar-refractivity contribution is 5.94. The van der Waals surface area contributed by atoms with Crippen LogP contribution in [0, 0.1) is 23.2 Å². The molecule has 3 rings (SSSR count). The third-order valence-corrected chi connectivity index (χ3v) is 4.43. The molecule has 2 N–H and O–H groups in total. The van der Waals surface area contributed by atoms with E-state index in [0.717, 1.165) is 11.6 Å². The number of likely N-dealkylation sites (N-methyl/N-ethyl adjacent to an activating group) is 1. The first kappa shape index (κ1) is 27.4. The van der Waals surface area contributed by atoms with Crippen molar-refractivity contribution in [2.45, 2.75) is 40.2 Å². The molecular weight excluding hydrogens is 420 g/mol. The van der Waals surface area contributed by atoms with Crippen molar-refractivity contribution < 1.29 is 14.4 Å². The molecule has 2 heterocycles. The second-order valence-electron chi connectivity index (χ2n) is 8.52. The number of likely N-dealkylation sites (tertiary alicyclic amines) is 1. The fraction of sp³-hybridized carbons (Fsp3) is 0.458. The van der Waals surface area contributed by atoms with Crippen LogP contribution in [0.15, 0.2) is 42.6 Å². The monoisotopic (exact) mass is 454 g/mol. The number of hydrogen-bond donors (Lipinski definition) is 2. The van der Waals surface area contributed by atoms with Crippen molar-refractivity contribution >= 4 is 23.9 Å². The molecule has 178 valence electrons. The highest BCUT2D eigenvalue weighted by atomic mass is 16.2. The van der Waals surface area contributed by atoms with Gasteiger partial charge in [0, 0.05) is 25.5 Å². The average Bonchev–Trinajstić information content (AvgIpc) is 3.44. The van der Waals surface area contributed by atoms with Gasteiger partial charge in [-0.3, -0.25) is 19.5 Å². The van der Waals surface area contributed by atoms with Crippen molar-refractivity contribution in [1.29, 1.82) is 5.26 Å². The van der Waals surface area contributed by atoms with E-state index in [1.807, 2.05) is 37.3 Å². The third-order valence-electron chi connectivity index (χ3n) is 4.43. The Morgan fingerprint density at radius 1 is 1.30 bits per heavy atom. The van der Waals surface area contributed by atoms with Crippen molar-refractivity contribution in [2.24, 2.45) is 11.8 Å². The largest absolute Gasteiger partial charge is 0.331 e. The zero-order valence-electron chi connectivity index (χ0n) is 20.0. The smallest absolute Gasteiger partial charge is 0.272 e. The van der Waals surface area contributed by atoms with Crippen LogP contribution >= 0.6 is 0 Å². The first-order chi connectivity index (χ1) is 15.7. The van der Waals surface area contributed by atoms with E-state index in [0.29, 0.717) is 31.0 Å². The lowest BCUT2D eigenvalue weighted by molar-refractivity contribution is -0.131. The number of nitrogens with one attached hydrogen (secondary N) is 2. The van der Waals surface area contributed by atoms with Gasteiger partial charge < -0.3 is 15.1 Å². The standard InChI is InChI=1S/C13H17N5O2.C7H7NO.C4H10/c1-9-5-10(6-14)18(7-9)12(19)8-17(2)13(20)11-3-4-15-16-11;9-6-8-7-4-2-1-3-5-7;1-4(2)3/h3-4,9-10H,5,7-8H2,1-2H3,(H,15,16);1-6H,(H,8,9);4H,1-3H3. The van der Waals surface area contributed by atoms with E-state index < -0.39 is 0 Å². The molecule has 1 saturated heterocycles. The number of carbonyl (C=O) groups excluding carboxylic acids is 3. The lowest BCUT2D eigenvalue weighted by Gasteiger charge is -2.23. The minimum absolute atomic E-state index is 0.0389. The summed E-state index contributed by atoms with van der Waals surface area (Å²) in [6.07, 6.45) is 2.84. The first-order valence-electron chi connectivity index (χ1n) is 10.9. The van der Waals surface area contributed by atoms with E-state index in [9.17, 15) is 14.4 Å². The molecule has 0 aliphatic carbocycles. The van der Waals surface area contributed by atoms with Gasteiger partial charge in [-0.2, -0.15) is 10.4 Å². The van der Waals surface area contributed by atoms with E-state index in [-0.39, 0.29) is 24.4 Å². The van der Waals surface area contributed by atoms with Gasteiger partial charge in [-0.25, -0.2) is 0 Å². The highest BCUT2D eigenvalue weighted by Gasteiger charge is 2.33. The molecule has 9 nitrogen and oxygen atoms in total. The molecule has 0 spiro atoms. The Morgan fingerprint density at radius 3 is 2.45 bits per heavy atom. The summed E-state index contributed by atoms with van der Waals surface area (Å²) >= 11 is 0. The minimum Gasteiger partial charge on any atom is -0.331 e. The second-order valence-corrected chi connectivity index (χ2v) is 8.52. The van der Waals surface area contributed by atoms with Crippen LogP contribution in [0.5, 0.6) is 0 Å². The van der Waals surface area contributed by atoms with Gasteiger partial charge in [0.1, 0.15) is 11.7 Å². The number of H-pyrrole nitrogens is 1. The normalized spacial score (nSPS) is 16.5. The molecule has 2 aromatic rings. The van der Waals surface area contributed by atoms with Crippen molar-refractivity contribution in [1.82, 2.24) is 20.0 Å². The summed E-state index contributed by atoms with van der Waals surface area (Å²) in [5.74, 6) is 0.657. The molecule has 9 heteroatoms. The number of para-hydroxylation sites is 1. The molecular formula is C24H34N6O3. The number of anilines is 1. The Hall–Kier alpha value is -3.67. The molecule has 0 radical (unpaired) electrons. The summed E-state index contributed by atoms with van der Waals surface area (Å²) in [5, 5.41) is 17.9. The van der Waals surface area contributed by atoms with Gasteiger partial charge in [0.25, 0.3) is 5.91 Å². The number of rotatable bonds is 5. The Morgan fingerprint density at radius 2 is 1.94 bits per heavy atom. The lowest BCUT2D eigenvalue weighted by Crippen LogP contribution is -2.43. The Labute approximate surface area is 195 Å². The van der Waals surface area contributed by atoms with Crippen LogP contribution in [0.4, 0.5) is 5.69 Å². The van der Waals surface area contributed by atoms with E-state index in [1.54, 1.807) is 18.0 Å². The molecule has 1 aliphatic rings. The maximum Gasteiger partial charge on any atom is 0.272 e. The van der Waals surface area contributed by atoms with Gasteiger partial charge in [-0.05, 0) is 36.5 Å². The third kappa shape index (κ3) is 9.99. The van der Waals surface area contributed by atoms with Gasteiger partial charge in [-0.15, -0.1) is 0 Å². The van der Waals surface area contributed by atoms with Gasteiger partial charge in [0.2, 0.25) is 12.3 Å². The number of nitriles is 1. The molecule has 2 unspecified atom stereocenters. The van der Waals surface area contributed by atoms with E-state index in [4.69, 9.17) is 5.26 Å². The van der Waals surface area contributed by atoms with Gasteiger partial charge in [0.15, 0.2) is 0 Å². The van der Waals surface area contributed by atoms with Crippen LogP contribution in [-0.4, -0.2) is 64.4 Å². The van der Waals surface area contributed by atoms with Crippen molar-refractivity contribution in [3.8, 4) is 6.07 Å². The SMILES string of the molecule is CC(C)C.CC1CC(C#N)N(C(=O)CN(C)C(=O)c2ccn[nH]2)C1.O=CNc1ccccc1. The van der Waals surface area contributed by atoms with Crippen LogP contribution in [0.25, 0.3) is 0 Å². The Kier molecular flexibility index (Phi) is 11.9. The number of benzene rings is 1. The Balaban J connectivity index is 0.000000345. The topological polar surface area (TPSA) is 122 Å². The second kappa shape index (κ2) is 14.4. The number of hydrogen-bond acceptors (Lipinski definition) is 5. The maximum absolute atomic E-state index is 12.2. The summed E-state index contributed by atoms with van der Waals surface area (Å²) in [6, 6.07) is 12.6. The predicted molar refractivity (Wildman–Crippen MR) is 127 cm³/mol. The fourth-order valence-electron chi connectivity index (χ4n) is 2.99. The van der Waals surface area contributed by atoms with Crippen molar-refractivity contribution in [3.63, 3.8) is 0 Å². The van der Waals surface area contributed by atoms with Gasteiger partial charge >= 0.3 is 0 Å².